The molecule has 1 fully saturated rings. The molecule has 1 saturated heterocycles. The Morgan fingerprint density at radius 3 is 2.74 bits per heavy atom. The lowest BCUT2D eigenvalue weighted by Crippen LogP contribution is -2.53. The molecule has 0 spiro atoms. The number of para-hydroxylation sites is 1. The van der Waals surface area contributed by atoms with Crippen molar-refractivity contribution in [3.8, 4) is 0 Å². The van der Waals surface area contributed by atoms with Gasteiger partial charge in [-0.1, -0.05) is 18.2 Å². The molecule has 2 N–H and O–H groups in total. The third-order valence-corrected chi connectivity index (χ3v) is 3.73. The summed E-state index contributed by atoms with van der Waals surface area (Å²) in [7, 11) is 0. The quantitative estimate of drug-likeness (QED) is 0.914. The molecule has 2 heterocycles. The van der Waals surface area contributed by atoms with Crippen molar-refractivity contribution in [2.24, 2.45) is 0 Å². The van der Waals surface area contributed by atoms with Crippen LogP contribution in [-0.4, -0.2) is 29.5 Å². The lowest BCUT2D eigenvalue weighted by molar-refractivity contribution is -0.121. The Bertz CT molecular complexity index is 676. The fraction of sp³-hybridized carbons (Fsp3) is 0.235. The van der Waals surface area contributed by atoms with Crippen molar-refractivity contribution in [1.82, 2.24) is 10.3 Å². The lowest BCUT2D eigenvalue weighted by atomic mass is 10.0. The van der Waals surface area contributed by atoms with Crippen LogP contribution in [0.3, 0.4) is 0 Å². The van der Waals surface area contributed by atoms with E-state index in [-0.39, 0.29) is 11.9 Å². The molecule has 0 aliphatic carbocycles. The minimum absolute atomic E-state index is 0.104. The van der Waals surface area contributed by atoms with E-state index in [2.05, 4.69) is 15.6 Å². The Hall–Kier alpha value is -2.89. The molecule has 0 bridgehead atoms. The predicted octanol–water partition coefficient (Wildman–Crippen LogP) is 2.40. The molecule has 118 valence electrons. The highest BCUT2D eigenvalue weighted by molar-refractivity contribution is 6.01. The van der Waals surface area contributed by atoms with E-state index in [0.29, 0.717) is 18.7 Å². The van der Waals surface area contributed by atoms with Gasteiger partial charge in [-0.15, -0.1) is 0 Å². The van der Waals surface area contributed by atoms with Gasteiger partial charge in [0.15, 0.2) is 0 Å². The van der Waals surface area contributed by atoms with Crippen LogP contribution >= 0.6 is 0 Å². The number of nitrogens with zero attached hydrogens (tertiary/aromatic N) is 2. The highest BCUT2D eigenvalue weighted by atomic mass is 16.2. The van der Waals surface area contributed by atoms with Crippen LogP contribution in [0, 0.1) is 0 Å². The molecule has 6 heteroatoms. The van der Waals surface area contributed by atoms with Crippen molar-refractivity contribution in [3.05, 3.63) is 54.9 Å². The number of aromatic nitrogens is 1. The number of anilines is 2. The number of urea groups is 1. The van der Waals surface area contributed by atoms with Crippen LogP contribution in [0.5, 0.6) is 0 Å². The van der Waals surface area contributed by atoms with Gasteiger partial charge in [-0.25, -0.2) is 4.79 Å². The van der Waals surface area contributed by atoms with E-state index >= 15 is 0 Å². The van der Waals surface area contributed by atoms with Crippen LogP contribution < -0.4 is 15.5 Å². The lowest BCUT2D eigenvalue weighted by Gasteiger charge is -2.32. The van der Waals surface area contributed by atoms with E-state index < -0.39 is 6.04 Å². The second-order valence-corrected chi connectivity index (χ2v) is 5.36. The zero-order valence-electron chi connectivity index (χ0n) is 12.6. The van der Waals surface area contributed by atoms with Gasteiger partial charge in [0.05, 0.1) is 11.9 Å². The average molecular weight is 310 g/mol. The van der Waals surface area contributed by atoms with Gasteiger partial charge in [0, 0.05) is 18.4 Å². The maximum Gasteiger partial charge on any atom is 0.319 e. The summed E-state index contributed by atoms with van der Waals surface area (Å²) in [5.74, 6) is -0.104. The van der Waals surface area contributed by atoms with E-state index in [1.54, 1.807) is 35.5 Å². The molecule has 1 aliphatic heterocycles. The maximum atomic E-state index is 12.6. The van der Waals surface area contributed by atoms with E-state index in [4.69, 9.17) is 0 Å². The Balaban J connectivity index is 1.63. The smallest absolute Gasteiger partial charge is 0.319 e. The highest BCUT2D eigenvalue weighted by Gasteiger charge is 2.30. The minimum atomic E-state index is -0.521. The summed E-state index contributed by atoms with van der Waals surface area (Å²) < 4.78 is 0. The fourth-order valence-corrected chi connectivity index (χ4v) is 2.63. The van der Waals surface area contributed by atoms with Gasteiger partial charge < -0.3 is 15.5 Å². The molecular weight excluding hydrogens is 292 g/mol. The number of nitrogens with one attached hydrogen (secondary N) is 2. The van der Waals surface area contributed by atoms with Crippen molar-refractivity contribution in [2.75, 3.05) is 16.8 Å². The van der Waals surface area contributed by atoms with Crippen molar-refractivity contribution in [2.45, 2.75) is 18.9 Å². The summed E-state index contributed by atoms with van der Waals surface area (Å²) >= 11 is 0. The first-order valence-electron chi connectivity index (χ1n) is 7.58. The number of benzene rings is 1. The van der Waals surface area contributed by atoms with Gasteiger partial charge in [0.1, 0.15) is 6.04 Å². The normalized spacial score (nSPS) is 17.7. The van der Waals surface area contributed by atoms with Crippen LogP contribution in [0.4, 0.5) is 16.2 Å². The molecule has 1 atom stereocenters. The molecule has 0 radical (unpaired) electrons. The summed E-state index contributed by atoms with van der Waals surface area (Å²) in [6.45, 7) is 0.642. The van der Waals surface area contributed by atoms with Gasteiger partial charge in [0.25, 0.3) is 0 Å². The summed E-state index contributed by atoms with van der Waals surface area (Å²) in [5, 5.41) is 5.49. The molecule has 1 aromatic heterocycles. The van der Waals surface area contributed by atoms with Gasteiger partial charge in [-0.2, -0.15) is 0 Å². The number of amides is 3. The molecular formula is C17H18N4O2. The minimum Gasteiger partial charge on any atom is -0.326 e. The zero-order valence-corrected chi connectivity index (χ0v) is 12.6. The number of hydrogen-bond acceptors (Lipinski definition) is 3. The van der Waals surface area contributed by atoms with Crippen LogP contribution in [0.2, 0.25) is 0 Å². The first-order valence-corrected chi connectivity index (χ1v) is 7.58. The molecule has 3 amide bonds. The molecule has 3 rings (SSSR count). The van der Waals surface area contributed by atoms with Crippen LogP contribution in [0.1, 0.15) is 12.8 Å². The Labute approximate surface area is 134 Å². The van der Waals surface area contributed by atoms with Gasteiger partial charge in [-0.3, -0.25) is 9.78 Å². The van der Waals surface area contributed by atoms with Crippen LogP contribution in [0.15, 0.2) is 54.9 Å². The second-order valence-electron chi connectivity index (χ2n) is 5.36. The number of piperidine rings is 1. The molecule has 6 nitrogen and oxygen atoms in total. The third kappa shape index (κ3) is 3.66. The molecule has 0 saturated carbocycles. The standard InChI is InChI=1S/C17H18N4O2/c22-16-15(20-17(23)19-13-6-2-1-3-7-13)9-5-11-21(16)14-8-4-10-18-12-14/h1-4,6-8,10,12,15H,5,9,11H2,(H2,19,20,23). The fourth-order valence-electron chi connectivity index (χ4n) is 2.63. The SMILES string of the molecule is O=C(Nc1ccccc1)NC1CCCN(c2cccnc2)C1=O. The van der Waals surface area contributed by atoms with Crippen LogP contribution in [-0.2, 0) is 4.79 Å². The number of carbonyl (C=O) groups is 2. The molecule has 2 aromatic rings. The Morgan fingerprint density at radius 1 is 1.17 bits per heavy atom. The van der Waals surface area contributed by atoms with E-state index in [0.717, 1.165) is 12.1 Å². The monoisotopic (exact) mass is 310 g/mol. The molecule has 1 aromatic carbocycles. The molecule has 1 aliphatic rings. The summed E-state index contributed by atoms with van der Waals surface area (Å²) in [6.07, 6.45) is 4.79. The van der Waals surface area contributed by atoms with Crippen molar-refractivity contribution in [3.63, 3.8) is 0 Å². The third-order valence-electron chi connectivity index (χ3n) is 3.73. The Morgan fingerprint density at radius 2 is 2.00 bits per heavy atom. The second kappa shape index (κ2) is 6.91. The highest BCUT2D eigenvalue weighted by Crippen LogP contribution is 2.20. The number of carbonyl (C=O) groups excluding carboxylic acids is 2. The van der Waals surface area contributed by atoms with Crippen molar-refractivity contribution in [1.29, 1.82) is 0 Å². The van der Waals surface area contributed by atoms with Gasteiger partial charge in [-0.05, 0) is 37.1 Å². The Kier molecular flexibility index (Phi) is 4.52. The van der Waals surface area contributed by atoms with Crippen molar-refractivity contribution < 1.29 is 9.59 Å². The van der Waals surface area contributed by atoms with E-state index in [1.165, 1.54) is 0 Å². The van der Waals surface area contributed by atoms with E-state index in [1.807, 2.05) is 24.3 Å². The van der Waals surface area contributed by atoms with Gasteiger partial charge >= 0.3 is 6.03 Å². The topological polar surface area (TPSA) is 74.3 Å². The maximum absolute atomic E-state index is 12.6. The largest absolute Gasteiger partial charge is 0.326 e. The molecule has 23 heavy (non-hydrogen) atoms. The summed E-state index contributed by atoms with van der Waals surface area (Å²) in [4.78, 5) is 30.3. The first kappa shape index (κ1) is 15.0. The van der Waals surface area contributed by atoms with E-state index in [9.17, 15) is 9.59 Å². The van der Waals surface area contributed by atoms with Crippen molar-refractivity contribution >= 4 is 23.3 Å². The number of rotatable bonds is 3. The predicted molar refractivity (Wildman–Crippen MR) is 88.2 cm³/mol. The van der Waals surface area contributed by atoms with Crippen LogP contribution in [0.25, 0.3) is 0 Å². The zero-order chi connectivity index (χ0) is 16.1. The average Bonchev–Trinajstić information content (AvgIpc) is 2.58. The first-order chi connectivity index (χ1) is 11.2. The number of pyridine rings is 1. The van der Waals surface area contributed by atoms with Gasteiger partial charge in [0.2, 0.25) is 5.91 Å². The number of hydrogen-bond donors (Lipinski definition) is 2. The molecule has 1 unspecified atom stereocenters. The summed E-state index contributed by atoms with van der Waals surface area (Å²) in [5.41, 5.74) is 1.45. The summed E-state index contributed by atoms with van der Waals surface area (Å²) in [6, 6.07) is 11.9.